The highest BCUT2D eigenvalue weighted by molar-refractivity contribution is 7.90. The molecule has 0 aliphatic carbocycles. The van der Waals surface area contributed by atoms with Crippen LogP contribution < -0.4 is 14.2 Å². The summed E-state index contributed by atoms with van der Waals surface area (Å²) in [6, 6.07) is 21.4. The van der Waals surface area contributed by atoms with Gasteiger partial charge in [-0.3, -0.25) is 0 Å². The molecular formula is C25H26N2O5S. The van der Waals surface area contributed by atoms with Gasteiger partial charge in [0.2, 0.25) is 5.88 Å². The summed E-state index contributed by atoms with van der Waals surface area (Å²) in [6.07, 6.45) is 1.52. The Balaban J connectivity index is 1.51. The summed E-state index contributed by atoms with van der Waals surface area (Å²) in [7, 11) is -2.33. The van der Waals surface area contributed by atoms with Crippen LogP contribution in [0.25, 0.3) is 10.9 Å². The maximum absolute atomic E-state index is 13.3. The first-order valence-corrected chi connectivity index (χ1v) is 12.1. The number of unbranched alkanes of at least 4 members (excludes halogenated alkanes) is 1. The average Bonchev–Trinajstić information content (AvgIpc) is 3.21. The molecule has 0 saturated carbocycles. The third-order valence-corrected chi connectivity index (χ3v) is 6.76. The van der Waals surface area contributed by atoms with Gasteiger partial charge >= 0.3 is 0 Å². The minimum Gasteiger partial charge on any atom is -0.497 e. The summed E-state index contributed by atoms with van der Waals surface area (Å²) in [5.41, 5.74) is 1.41. The topological polar surface area (TPSA) is 79.7 Å². The molecule has 0 N–H and O–H groups in total. The van der Waals surface area contributed by atoms with Crippen molar-refractivity contribution < 1.29 is 22.6 Å². The van der Waals surface area contributed by atoms with E-state index in [1.54, 1.807) is 49.6 Å². The normalized spacial score (nSPS) is 11.5. The largest absolute Gasteiger partial charge is 0.497 e. The van der Waals surface area contributed by atoms with Crippen LogP contribution in [0.4, 0.5) is 0 Å². The van der Waals surface area contributed by atoms with Crippen molar-refractivity contribution in [2.24, 2.45) is 0 Å². The van der Waals surface area contributed by atoms with Gasteiger partial charge in [-0.1, -0.05) is 35.9 Å². The Kier molecular flexibility index (Phi) is 6.84. The summed E-state index contributed by atoms with van der Waals surface area (Å²) in [6.45, 7) is 2.85. The van der Waals surface area contributed by atoms with Crippen LogP contribution in [0, 0.1) is 6.92 Å². The van der Waals surface area contributed by atoms with Crippen molar-refractivity contribution in [3.63, 3.8) is 0 Å². The molecule has 1 heterocycles. The number of rotatable bonds is 10. The van der Waals surface area contributed by atoms with Crippen molar-refractivity contribution in [2.45, 2.75) is 24.7 Å². The molecule has 0 spiro atoms. The molecule has 7 nitrogen and oxygen atoms in total. The van der Waals surface area contributed by atoms with Gasteiger partial charge < -0.3 is 14.2 Å². The number of hydrogen-bond donors (Lipinski definition) is 0. The van der Waals surface area contributed by atoms with Crippen LogP contribution in [0.5, 0.6) is 17.4 Å². The van der Waals surface area contributed by atoms with Crippen LogP contribution in [0.3, 0.4) is 0 Å². The predicted octanol–water partition coefficient (Wildman–Crippen LogP) is 4.83. The Hall–Kier alpha value is -3.52. The highest BCUT2D eigenvalue weighted by Crippen LogP contribution is 2.31. The van der Waals surface area contributed by atoms with Gasteiger partial charge in [-0.05, 0) is 62.2 Å². The average molecular weight is 467 g/mol. The summed E-state index contributed by atoms with van der Waals surface area (Å²) in [5.74, 6) is 1.68. The number of para-hydroxylation sites is 1. The number of aromatic nitrogens is 2. The lowest BCUT2D eigenvalue weighted by atomic mass is 10.2. The van der Waals surface area contributed by atoms with Crippen LogP contribution in [-0.2, 0) is 10.0 Å². The van der Waals surface area contributed by atoms with Gasteiger partial charge in [0, 0.05) is 0 Å². The number of fused-ring (bicyclic) bond motifs is 1. The van der Waals surface area contributed by atoms with Gasteiger partial charge in [0.15, 0.2) is 0 Å². The number of ether oxygens (including phenoxy) is 3. The zero-order chi connectivity index (χ0) is 23.3. The molecule has 1 aromatic heterocycles. The standard InChI is InChI=1S/C25H26N2O5S/c1-19-10-13-22(14-11-19)33(28,29)27-24-15-12-21(30-2)18-23(24)25(26-27)32-17-7-6-16-31-20-8-4-3-5-9-20/h3-5,8-15,18H,6-7,16-17H2,1-2H3. The maximum Gasteiger partial charge on any atom is 0.283 e. The number of methoxy groups -OCH3 is 1. The summed E-state index contributed by atoms with van der Waals surface area (Å²) in [4.78, 5) is 0.165. The molecule has 0 saturated heterocycles. The lowest BCUT2D eigenvalue weighted by Crippen LogP contribution is -2.14. The molecule has 8 heteroatoms. The molecule has 0 fully saturated rings. The van der Waals surface area contributed by atoms with Gasteiger partial charge in [-0.2, -0.15) is 8.42 Å². The maximum atomic E-state index is 13.3. The van der Waals surface area contributed by atoms with E-state index in [4.69, 9.17) is 14.2 Å². The molecule has 0 unspecified atom stereocenters. The smallest absolute Gasteiger partial charge is 0.283 e. The first kappa shape index (κ1) is 22.7. The Morgan fingerprint density at radius 2 is 1.55 bits per heavy atom. The number of aryl methyl sites for hydroxylation is 1. The van der Waals surface area contributed by atoms with Crippen molar-refractivity contribution >= 4 is 20.9 Å². The van der Waals surface area contributed by atoms with Crippen LogP contribution >= 0.6 is 0 Å². The van der Waals surface area contributed by atoms with E-state index in [0.29, 0.717) is 29.9 Å². The van der Waals surface area contributed by atoms with Crippen molar-refractivity contribution in [3.8, 4) is 17.4 Å². The molecule has 0 amide bonds. The van der Waals surface area contributed by atoms with E-state index in [2.05, 4.69) is 5.10 Å². The lowest BCUT2D eigenvalue weighted by Gasteiger charge is -2.07. The van der Waals surface area contributed by atoms with Gasteiger partial charge in [-0.25, -0.2) is 0 Å². The molecule has 33 heavy (non-hydrogen) atoms. The van der Waals surface area contributed by atoms with Crippen molar-refractivity contribution in [3.05, 3.63) is 78.4 Å². The molecule has 0 radical (unpaired) electrons. The summed E-state index contributed by atoms with van der Waals surface area (Å²) in [5, 5.41) is 4.89. The van der Waals surface area contributed by atoms with Gasteiger partial charge in [0.25, 0.3) is 10.0 Å². The van der Waals surface area contributed by atoms with E-state index in [1.807, 2.05) is 37.3 Å². The fourth-order valence-electron chi connectivity index (χ4n) is 3.35. The number of nitrogens with zero attached hydrogens (tertiary/aromatic N) is 2. The third kappa shape index (κ3) is 5.12. The molecule has 0 atom stereocenters. The first-order chi connectivity index (χ1) is 16.0. The van der Waals surface area contributed by atoms with E-state index in [0.717, 1.165) is 28.2 Å². The van der Waals surface area contributed by atoms with Gasteiger partial charge in [-0.15, -0.1) is 9.19 Å². The lowest BCUT2D eigenvalue weighted by molar-refractivity contribution is 0.262. The summed E-state index contributed by atoms with van der Waals surface area (Å²) >= 11 is 0. The van der Waals surface area contributed by atoms with E-state index >= 15 is 0 Å². The SMILES string of the molecule is COc1ccc2c(c1)c(OCCCCOc1ccccc1)nn2S(=O)(=O)c1ccc(C)cc1. The number of benzene rings is 3. The van der Waals surface area contributed by atoms with E-state index in [9.17, 15) is 8.42 Å². The summed E-state index contributed by atoms with van der Waals surface area (Å²) < 4.78 is 44.5. The Labute approximate surface area is 193 Å². The molecule has 3 aromatic carbocycles. The molecule has 0 bridgehead atoms. The second kappa shape index (κ2) is 9.95. The van der Waals surface area contributed by atoms with E-state index in [1.165, 1.54) is 0 Å². The Morgan fingerprint density at radius 3 is 2.24 bits per heavy atom. The highest BCUT2D eigenvalue weighted by Gasteiger charge is 2.24. The van der Waals surface area contributed by atoms with Crippen molar-refractivity contribution in [1.29, 1.82) is 0 Å². The second-order valence-corrected chi connectivity index (χ2v) is 9.33. The van der Waals surface area contributed by atoms with E-state index in [-0.39, 0.29) is 10.8 Å². The fourth-order valence-corrected chi connectivity index (χ4v) is 4.63. The zero-order valence-electron chi connectivity index (χ0n) is 18.6. The van der Waals surface area contributed by atoms with Crippen LogP contribution in [0.1, 0.15) is 18.4 Å². The Morgan fingerprint density at radius 1 is 0.848 bits per heavy atom. The molecule has 0 aliphatic heterocycles. The van der Waals surface area contributed by atoms with Crippen LogP contribution in [0.2, 0.25) is 0 Å². The zero-order valence-corrected chi connectivity index (χ0v) is 19.4. The second-order valence-electron chi connectivity index (χ2n) is 7.57. The minimum absolute atomic E-state index is 0.165. The van der Waals surface area contributed by atoms with Crippen molar-refractivity contribution in [2.75, 3.05) is 20.3 Å². The molecule has 4 rings (SSSR count). The Bertz CT molecular complexity index is 1320. The molecule has 0 aliphatic rings. The third-order valence-electron chi connectivity index (χ3n) is 5.16. The minimum atomic E-state index is -3.89. The number of hydrogen-bond acceptors (Lipinski definition) is 6. The molecule has 4 aromatic rings. The molecular weight excluding hydrogens is 440 g/mol. The van der Waals surface area contributed by atoms with Crippen LogP contribution in [-0.4, -0.2) is 37.9 Å². The van der Waals surface area contributed by atoms with Gasteiger partial charge in [0.05, 0.1) is 36.1 Å². The predicted molar refractivity (Wildman–Crippen MR) is 127 cm³/mol. The first-order valence-electron chi connectivity index (χ1n) is 10.7. The monoisotopic (exact) mass is 466 g/mol. The van der Waals surface area contributed by atoms with E-state index < -0.39 is 10.0 Å². The van der Waals surface area contributed by atoms with Crippen molar-refractivity contribution in [1.82, 2.24) is 9.19 Å². The molecule has 172 valence electrons. The fraction of sp³-hybridized carbons (Fsp3) is 0.240. The quantitative estimate of drug-likeness (QED) is 0.312. The highest BCUT2D eigenvalue weighted by atomic mass is 32.2. The van der Waals surface area contributed by atoms with Crippen LogP contribution in [0.15, 0.2) is 77.7 Å². The van der Waals surface area contributed by atoms with Gasteiger partial charge in [0.1, 0.15) is 11.5 Å².